The lowest BCUT2D eigenvalue weighted by Crippen LogP contribution is -1.75. The molecule has 0 fully saturated rings. The number of hydrogen-bond donors (Lipinski definition) is 2. The molecule has 0 spiro atoms. The quantitative estimate of drug-likeness (QED) is 0.438. The summed E-state index contributed by atoms with van der Waals surface area (Å²) in [6.07, 6.45) is 0. The number of nitrogens with one attached hydrogen (secondary N) is 1. The minimum atomic E-state index is -0.00516. The molecule has 2 heterocycles. The highest BCUT2D eigenvalue weighted by Gasteiger charge is 2.10. The SMILES string of the molecule is Oc1[nH]c2ccccc2c1N=Nc1nc(-c2ccc(Cl)cc2)cs1. The Morgan fingerprint density at radius 1 is 1.04 bits per heavy atom. The molecule has 5 nitrogen and oxygen atoms in total. The van der Waals surface area contributed by atoms with Crippen LogP contribution < -0.4 is 0 Å². The number of aromatic hydroxyl groups is 1. The predicted octanol–water partition coefficient (Wildman–Crippen LogP) is 6.07. The molecule has 24 heavy (non-hydrogen) atoms. The second-order valence-electron chi connectivity index (χ2n) is 5.09. The Labute approximate surface area is 146 Å². The summed E-state index contributed by atoms with van der Waals surface area (Å²) in [5, 5.41) is 22.2. The van der Waals surface area contributed by atoms with E-state index in [0.29, 0.717) is 15.8 Å². The lowest BCUT2D eigenvalue weighted by atomic mass is 10.2. The number of aromatic amines is 1. The molecule has 4 aromatic rings. The van der Waals surface area contributed by atoms with Gasteiger partial charge in [-0.15, -0.1) is 21.6 Å². The summed E-state index contributed by atoms with van der Waals surface area (Å²) in [6, 6.07) is 15.0. The molecule has 0 saturated carbocycles. The largest absolute Gasteiger partial charge is 0.493 e. The van der Waals surface area contributed by atoms with Crippen LogP contribution in [0.4, 0.5) is 10.8 Å². The monoisotopic (exact) mass is 354 g/mol. The van der Waals surface area contributed by atoms with Crippen molar-refractivity contribution < 1.29 is 5.11 Å². The number of rotatable bonds is 3. The van der Waals surface area contributed by atoms with Crippen LogP contribution in [0.15, 0.2) is 64.1 Å². The maximum atomic E-state index is 9.98. The van der Waals surface area contributed by atoms with Gasteiger partial charge in [-0.05, 0) is 18.2 Å². The molecule has 0 aliphatic carbocycles. The molecule has 118 valence electrons. The van der Waals surface area contributed by atoms with Crippen LogP contribution in [0.2, 0.25) is 5.02 Å². The van der Waals surface area contributed by atoms with Crippen LogP contribution in [0.5, 0.6) is 5.88 Å². The maximum Gasteiger partial charge on any atom is 0.230 e. The first-order valence-corrected chi connectivity index (χ1v) is 8.39. The van der Waals surface area contributed by atoms with E-state index in [1.807, 2.05) is 53.9 Å². The molecular weight excluding hydrogens is 344 g/mol. The molecule has 2 aromatic heterocycles. The zero-order valence-corrected chi connectivity index (χ0v) is 13.8. The predicted molar refractivity (Wildman–Crippen MR) is 96.7 cm³/mol. The van der Waals surface area contributed by atoms with Crippen molar-refractivity contribution in [2.75, 3.05) is 0 Å². The third-order valence-corrected chi connectivity index (χ3v) is 4.50. The summed E-state index contributed by atoms with van der Waals surface area (Å²) in [7, 11) is 0. The van der Waals surface area contributed by atoms with Crippen molar-refractivity contribution in [2.24, 2.45) is 10.2 Å². The highest BCUT2D eigenvalue weighted by Crippen LogP contribution is 2.36. The highest BCUT2D eigenvalue weighted by molar-refractivity contribution is 7.13. The Morgan fingerprint density at radius 3 is 2.67 bits per heavy atom. The molecule has 0 bridgehead atoms. The lowest BCUT2D eigenvalue weighted by molar-refractivity contribution is 0.459. The molecular formula is C17H11ClN4OS. The van der Waals surface area contributed by atoms with E-state index in [0.717, 1.165) is 22.2 Å². The zero-order chi connectivity index (χ0) is 16.5. The fourth-order valence-electron chi connectivity index (χ4n) is 2.37. The minimum absolute atomic E-state index is 0.00516. The third kappa shape index (κ3) is 2.77. The number of benzene rings is 2. The maximum absolute atomic E-state index is 9.98. The van der Waals surface area contributed by atoms with E-state index in [2.05, 4.69) is 20.2 Å². The van der Waals surface area contributed by atoms with Gasteiger partial charge in [0, 0.05) is 21.4 Å². The molecule has 0 aliphatic heterocycles. The highest BCUT2D eigenvalue weighted by atomic mass is 35.5. The van der Waals surface area contributed by atoms with E-state index >= 15 is 0 Å². The van der Waals surface area contributed by atoms with E-state index in [9.17, 15) is 5.11 Å². The fourth-order valence-corrected chi connectivity index (χ4v) is 3.14. The normalized spacial score (nSPS) is 11.5. The van der Waals surface area contributed by atoms with Gasteiger partial charge in [-0.3, -0.25) is 0 Å². The Bertz CT molecular complexity index is 1040. The Kier molecular flexibility index (Phi) is 3.76. The summed E-state index contributed by atoms with van der Waals surface area (Å²) in [5.41, 5.74) is 3.00. The van der Waals surface area contributed by atoms with Gasteiger partial charge in [-0.25, -0.2) is 4.98 Å². The van der Waals surface area contributed by atoms with E-state index in [1.165, 1.54) is 11.3 Å². The van der Waals surface area contributed by atoms with Gasteiger partial charge in [-0.2, -0.15) is 0 Å². The first-order valence-electron chi connectivity index (χ1n) is 7.13. The van der Waals surface area contributed by atoms with E-state index in [-0.39, 0.29) is 5.88 Å². The summed E-state index contributed by atoms with van der Waals surface area (Å²) >= 11 is 7.28. The van der Waals surface area contributed by atoms with Gasteiger partial charge in [0.05, 0.1) is 11.2 Å². The molecule has 0 atom stereocenters. The van der Waals surface area contributed by atoms with E-state index in [4.69, 9.17) is 11.6 Å². The van der Waals surface area contributed by atoms with Crippen molar-refractivity contribution in [3.05, 3.63) is 58.9 Å². The van der Waals surface area contributed by atoms with Gasteiger partial charge in [0.2, 0.25) is 11.0 Å². The van der Waals surface area contributed by atoms with Crippen molar-refractivity contribution in [1.82, 2.24) is 9.97 Å². The fraction of sp³-hybridized carbons (Fsp3) is 0. The average Bonchev–Trinajstić information content (AvgIpc) is 3.17. The van der Waals surface area contributed by atoms with Gasteiger partial charge < -0.3 is 10.1 Å². The standard InChI is InChI=1S/C17H11ClN4OS/c18-11-7-5-10(6-8-11)14-9-24-17(20-14)22-21-15-12-3-1-2-4-13(12)19-16(15)23/h1-9,19,23H. The van der Waals surface area contributed by atoms with Crippen LogP contribution in [0, 0.1) is 0 Å². The second-order valence-corrected chi connectivity index (χ2v) is 6.36. The number of azo groups is 1. The van der Waals surface area contributed by atoms with Crippen molar-refractivity contribution in [1.29, 1.82) is 0 Å². The number of thiazole rings is 1. The molecule has 0 amide bonds. The Morgan fingerprint density at radius 2 is 1.83 bits per heavy atom. The van der Waals surface area contributed by atoms with Crippen molar-refractivity contribution >= 4 is 44.7 Å². The molecule has 0 unspecified atom stereocenters. The number of aromatic nitrogens is 2. The molecule has 4 rings (SSSR count). The Balaban J connectivity index is 1.64. The first-order chi connectivity index (χ1) is 11.7. The average molecular weight is 355 g/mol. The van der Waals surface area contributed by atoms with Crippen molar-refractivity contribution in [3.63, 3.8) is 0 Å². The van der Waals surface area contributed by atoms with Gasteiger partial charge >= 0.3 is 0 Å². The van der Waals surface area contributed by atoms with Crippen molar-refractivity contribution in [2.45, 2.75) is 0 Å². The third-order valence-electron chi connectivity index (χ3n) is 3.53. The van der Waals surface area contributed by atoms with Gasteiger partial charge in [-0.1, -0.05) is 41.9 Å². The molecule has 0 aliphatic rings. The number of halogens is 1. The van der Waals surface area contributed by atoms with Crippen LogP contribution in [0.1, 0.15) is 0 Å². The molecule has 2 N–H and O–H groups in total. The van der Waals surface area contributed by atoms with Gasteiger partial charge in [0.25, 0.3) is 0 Å². The summed E-state index contributed by atoms with van der Waals surface area (Å²) in [4.78, 5) is 7.31. The van der Waals surface area contributed by atoms with Crippen LogP contribution in [0.25, 0.3) is 22.2 Å². The van der Waals surface area contributed by atoms with Crippen LogP contribution >= 0.6 is 22.9 Å². The second kappa shape index (κ2) is 6.07. The smallest absolute Gasteiger partial charge is 0.230 e. The minimum Gasteiger partial charge on any atom is -0.493 e. The number of hydrogen-bond acceptors (Lipinski definition) is 5. The van der Waals surface area contributed by atoms with Crippen LogP contribution in [0.3, 0.4) is 0 Å². The van der Waals surface area contributed by atoms with Crippen LogP contribution in [-0.4, -0.2) is 15.1 Å². The van der Waals surface area contributed by atoms with Gasteiger partial charge in [0.15, 0.2) is 5.69 Å². The van der Waals surface area contributed by atoms with E-state index in [1.54, 1.807) is 0 Å². The summed E-state index contributed by atoms with van der Waals surface area (Å²) in [6.45, 7) is 0. The lowest BCUT2D eigenvalue weighted by Gasteiger charge is -1.95. The number of fused-ring (bicyclic) bond motifs is 1. The summed E-state index contributed by atoms with van der Waals surface area (Å²) < 4.78 is 0. The number of H-pyrrole nitrogens is 1. The molecule has 0 radical (unpaired) electrons. The zero-order valence-electron chi connectivity index (χ0n) is 12.3. The van der Waals surface area contributed by atoms with Crippen LogP contribution in [-0.2, 0) is 0 Å². The van der Waals surface area contributed by atoms with E-state index < -0.39 is 0 Å². The summed E-state index contributed by atoms with van der Waals surface area (Å²) in [5.74, 6) is -0.00516. The molecule has 7 heteroatoms. The molecule has 2 aromatic carbocycles. The Hall–Kier alpha value is -2.70. The number of nitrogens with zero attached hydrogens (tertiary/aromatic N) is 3. The van der Waals surface area contributed by atoms with Gasteiger partial charge in [0.1, 0.15) is 0 Å². The number of para-hydroxylation sites is 1. The first kappa shape index (κ1) is 14.9. The topological polar surface area (TPSA) is 73.6 Å². The van der Waals surface area contributed by atoms with Crippen molar-refractivity contribution in [3.8, 4) is 17.1 Å². The molecule has 0 saturated heterocycles.